The topological polar surface area (TPSA) is 79.6 Å². The summed E-state index contributed by atoms with van der Waals surface area (Å²) in [6.45, 7) is 6.48. The first kappa shape index (κ1) is 20.1. The molecule has 1 aliphatic rings. The van der Waals surface area contributed by atoms with Crippen molar-refractivity contribution in [2.45, 2.75) is 52.1 Å². The van der Waals surface area contributed by atoms with E-state index in [4.69, 9.17) is 11.6 Å². The van der Waals surface area contributed by atoms with Crippen LogP contribution in [0.25, 0.3) is 0 Å². The van der Waals surface area contributed by atoms with Gasteiger partial charge in [-0.05, 0) is 25.3 Å². The predicted octanol–water partition coefficient (Wildman–Crippen LogP) is 3.84. The van der Waals surface area contributed by atoms with Gasteiger partial charge in [0.05, 0.1) is 17.5 Å². The van der Waals surface area contributed by atoms with Gasteiger partial charge < -0.3 is 5.32 Å². The Morgan fingerprint density at radius 3 is 2.61 bits per heavy atom. The van der Waals surface area contributed by atoms with Gasteiger partial charge in [-0.15, -0.1) is 5.01 Å². The maximum atomic E-state index is 13.1. The summed E-state index contributed by atoms with van der Waals surface area (Å²) in [6, 6.07) is 8.64. The van der Waals surface area contributed by atoms with Crippen LogP contribution >= 0.6 is 11.6 Å². The summed E-state index contributed by atoms with van der Waals surface area (Å²) in [4.78, 5) is 25.6. The minimum atomic E-state index is -1.11. The molecule has 0 saturated carbocycles. The number of hydrazone groups is 1. The van der Waals surface area contributed by atoms with E-state index in [1.54, 1.807) is 4.68 Å². The minimum absolute atomic E-state index is 0.408. The number of hydrogen-bond donors (Lipinski definition) is 1. The van der Waals surface area contributed by atoms with Gasteiger partial charge in [-0.1, -0.05) is 62.2 Å². The lowest BCUT2D eigenvalue weighted by atomic mass is 9.87. The SMILES string of the molecule is CCCCn1nc(C)c(C=NN2C(=O)N[C@](CC)(c3ccccc3)C2=O)c1Cl. The molecule has 1 fully saturated rings. The maximum absolute atomic E-state index is 13.1. The lowest BCUT2D eigenvalue weighted by Gasteiger charge is -2.24. The van der Waals surface area contributed by atoms with E-state index in [0.717, 1.165) is 23.4 Å². The average molecular weight is 402 g/mol. The highest BCUT2D eigenvalue weighted by Crippen LogP contribution is 2.32. The molecule has 0 spiro atoms. The molecule has 2 aromatic rings. The second kappa shape index (κ2) is 8.14. The average Bonchev–Trinajstić information content (AvgIpc) is 3.12. The number of hydrogen-bond acceptors (Lipinski definition) is 4. The van der Waals surface area contributed by atoms with E-state index in [2.05, 4.69) is 22.4 Å². The van der Waals surface area contributed by atoms with Crippen LogP contribution in [0.3, 0.4) is 0 Å². The summed E-state index contributed by atoms with van der Waals surface area (Å²) in [6.07, 6.45) is 3.84. The summed E-state index contributed by atoms with van der Waals surface area (Å²) in [7, 11) is 0. The highest BCUT2D eigenvalue weighted by molar-refractivity contribution is 6.32. The monoisotopic (exact) mass is 401 g/mol. The van der Waals surface area contributed by atoms with Crippen molar-refractivity contribution in [3.05, 3.63) is 52.3 Å². The predicted molar refractivity (Wildman–Crippen MR) is 108 cm³/mol. The molecular formula is C20H24ClN5O2. The van der Waals surface area contributed by atoms with E-state index in [9.17, 15) is 9.59 Å². The zero-order valence-corrected chi connectivity index (χ0v) is 17.0. The number of nitrogens with zero attached hydrogens (tertiary/aromatic N) is 4. The Morgan fingerprint density at radius 2 is 1.96 bits per heavy atom. The van der Waals surface area contributed by atoms with Gasteiger partial charge in [-0.2, -0.15) is 10.2 Å². The van der Waals surface area contributed by atoms with Gasteiger partial charge in [0.15, 0.2) is 0 Å². The molecule has 1 aromatic carbocycles. The van der Waals surface area contributed by atoms with Crippen molar-refractivity contribution in [2.75, 3.05) is 0 Å². The number of unbranched alkanes of at least 4 members (excludes halogenated alkanes) is 1. The van der Waals surface area contributed by atoms with Gasteiger partial charge in [0.25, 0.3) is 5.91 Å². The van der Waals surface area contributed by atoms with E-state index in [1.165, 1.54) is 6.21 Å². The van der Waals surface area contributed by atoms with Crippen LogP contribution in [-0.2, 0) is 16.9 Å². The minimum Gasteiger partial charge on any atom is -0.318 e. The molecule has 3 rings (SSSR count). The molecule has 7 nitrogen and oxygen atoms in total. The van der Waals surface area contributed by atoms with Crippen LogP contribution in [0.2, 0.25) is 5.15 Å². The molecule has 1 N–H and O–H groups in total. The van der Waals surface area contributed by atoms with E-state index in [0.29, 0.717) is 29.4 Å². The Morgan fingerprint density at radius 1 is 1.25 bits per heavy atom. The summed E-state index contributed by atoms with van der Waals surface area (Å²) >= 11 is 6.41. The number of halogens is 1. The van der Waals surface area contributed by atoms with Gasteiger partial charge >= 0.3 is 6.03 Å². The van der Waals surface area contributed by atoms with Gasteiger partial charge in [0.1, 0.15) is 10.7 Å². The van der Waals surface area contributed by atoms with Crippen LogP contribution in [0.15, 0.2) is 35.4 Å². The number of carbonyl (C=O) groups excluding carboxylic acids is 2. The number of amides is 3. The third kappa shape index (κ3) is 3.42. The Bertz CT molecular complexity index is 909. The van der Waals surface area contributed by atoms with Crippen molar-refractivity contribution >= 4 is 29.8 Å². The highest BCUT2D eigenvalue weighted by Gasteiger charge is 2.51. The second-order valence-electron chi connectivity index (χ2n) is 6.78. The van der Waals surface area contributed by atoms with Gasteiger partial charge in [-0.3, -0.25) is 9.48 Å². The molecule has 28 heavy (non-hydrogen) atoms. The number of imide groups is 1. The van der Waals surface area contributed by atoms with Crippen LogP contribution in [0.1, 0.15) is 49.9 Å². The van der Waals surface area contributed by atoms with Gasteiger partial charge in [0.2, 0.25) is 0 Å². The van der Waals surface area contributed by atoms with E-state index >= 15 is 0 Å². The lowest BCUT2D eigenvalue weighted by molar-refractivity contribution is -0.131. The van der Waals surface area contributed by atoms with E-state index < -0.39 is 17.5 Å². The third-order valence-corrected chi connectivity index (χ3v) is 5.40. The largest absolute Gasteiger partial charge is 0.346 e. The zero-order valence-electron chi connectivity index (χ0n) is 16.3. The molecule has 0 aliphatic carbocycles. The molecule has 1 saturated heterocycles. The molecule has 2 heterocycles. The molecule has 3 amide bonds. The van der Waals surface area contributed by atoms with Gasteiger partial charge in [-0.25, -0.2) is 4.79 Å². The maximum Gasteiger partial charge on any atom is 0.346 e. The van der Waals surface area contributed by atoms with Crippen molar-refractivity contribution in [2.24, 2.45) is 5.10 Å². The number of nitrogens with one attached hydrogen (secondary N) is 1. The first-order valence-corrected chi connectivity index (χ1v) is 9.81. The van der Waals surface area contributed by atoms with Crippen LogP contribution in [0.5, 0.6) is 0 Å². The number of aryl methyl sites for hydroxylation is 2. The fourth-order valence-electron chi connectivity index (χ4n) is 3.31. The second-order valence-corrected chi connectivity index (χ2v) is 7.14. The number of carbonyl (C=O) groups is 2. The van der Waals surface area contributed by atoms with E-state index in [1.807, 2.05) is 44.2 Å². The van der Waals surface area contributed by atoms with Crippen molar-refractivity contribution in [1.82, 2.24) is 20.1 Å². The van der Waals surface area contributed by atoms with Crippen molar-refractivity contribution in [1.29, 1.82) is 0 Å². The third-order valence-electron chi connectivity index (χ3n) is 5.00. The van der Waals surface area contributed by atoms with Crippen molar-refractivity contribution in [3.63, 3.8) is 0 Å². The molecule has 1 atom stereocenters. The number of rotatable bonds is 7. The van der Waals surface area contributed by atoms with Crippen LogP contribution < -0.4 is 5.32 Å². The Kier molecular flexibility index (Phi) is 5.84. The van der Waals surface area contributed by atoms with E-state index in [-0.39, 0.29) is 0 Å². The van der Waals surface area contributed by atoms with Crippen molar-refractivity contribution < 1.29 is 9.59 Å². The summed E-state index contributed by atoms with van der Waals surface area (Å²) < 4.78 is 1.72. The lowest BCUT2D eigenvalue weighted by Crippen LogP contribution is -2.43. The Labute approximate surface area is 169 Å². The van der Waals surface area contributed by atoms with Crippen LogP contribution in [-0.4, -0.2) is 32.9 Å². The summed E-state index contributed by atoms with van der Waals surface area (Å²) in [5.74, 6) is -0.408. The molecule has 148 valence electrons. The first-order valence-electron chi connectivity index (χ1n) is 9.43. The molecule has 0 unspecified atom stereocenters. The Hall–Kier alpha value is -2.67. The molecule has 8 heteroatoms. The molecular weight excluding hydrogens is 378 g/mol. The number of urea groups is 1. The number of benzene rings is 1. The quantitative estimate of drug-likeness (QED) is 0.565. The van der Waals surface area contributed by atoms with Gasteiger partial charge in [0, 0.05) is 6.54 Å². The molecule has 0 bridgehead atoms. The fraction of sp³-hybridized carbons (Fsp3) is 0.400. The first-order chi connectivity index (χ1) is 13.4. The molecule has 1 aromatic heterocycles. The van der Waals surface area contributed by atoms with Crippen molar-refractivity contribution in [3.8, 4) is 0 Å². The molecule has 0 radical (unpaired) electrons. The fourth-order valence-corrected chi connectivity index (χ4v) is 3.62. The number of aromatic nitrogens is 2. The molecule has 1 aliphatic heterocycles. The Balaban J connectivity index is 1.88. The van der Waals surface area contributed by atoms with Crippen LogP contribution in [0.4, 0.5) is 4.79 Å². The summed E-state index contributed by atoms with van der Waals surface area (Å²) in [5.41, 5.74) is 0.920. The summed E-state index contributed by atoms with van der Waals surface area (Å²) in [5, 5.41) is 12.7. The zero-order chi connectivity index (χ0) is 20.3. The standard InChI is InChI=1S/C20H24ClN5O2/c1-4-6-12-25-17(21)16(14(3)24-25)13-22-26-18(27)20(5-2,23-19(26)28)15-10-8-7-9-11-15/h7-11,13H,4-6,12H2,1-3H3,(H,23,28)/t20-/m1/s1. The normalized spacial score (nSPS) is 19.6. The van der Waals surface area contributed by atoms with Crippen LogP contribution in [0, 0.1) is 6.92 Å². The highest BCUT2D eigenvalue weighted by atomic mass is 35.5. The smallest absolute Gasteiger partial charge is 0.318 e.